The standard InChI is InChI=1S/C19H21FN6O2/c20-13-9-12-4-5-16(27)25-17(12)15(10-13)24-19(28)23-14-3-1-8-26(11-14)18-21-6-2-7-22-18/h2,6-7,9-10,14H,1,3-5,8,11H2,(H,25,27)(H2,23,24,28)/t14-/m0/s1. The third kappa shape index (κ3) is 4.03. The van der Waals surface area contributed by atoms with E-state index >= 15 is 0 Å². The van der Waals surface area contributed by atoms with Crippen LogP contribution in [0.4, 0.5) is 26.5 Å². The van der Waals surface area contributed by atoms with Gasteiger partial charge >= 0.3 is 6.03 Å². The Balaban J connectivity index is 1.42. The molecule has 3 amide bonds. The van der Waals surface area contributed by atoms with Crippen LogP contribution in [0.3, 0.4) is 0 Å². The van der Waals surface area contributed by atoms with Crippen molar-refractivity contribution in [3.63, 3.8) is 0 Å². The lowest BCUT2D eigenvalue weighted by Gasteiger charge is -2.33. The molecule has 0 spiro atoms. The maximum Gasteiger partial charge on any atom is 0.319 e. The van der Waals surface area contributed by atoms with Crippen molar-refractivity contribution in [2.45, 2.75) is 31.7 Å². The Morgan fingerprint density at radius 3 is 2.89 bits per heavy atom. The van der Waals surface area contributed by atoms with Crippen LogP contribution in [0.5, 0.6) is 0 Å². The Bertz CT molecular complexity index is 891. The summed E-state index contributed by atoms with van der Waals surface area (Å²) in [7, 11) is 0. The van der Waals surface area contributed by atoms with Crippen molar-refractivity contribution in [1.82, 2.24) is 15.3 Å². The van der Waals surface area contributed by atoms with Crippen LogP contribution >= 0.6 is 0 Å². The molecular formula is C19H21FN6O2. The molecule has 3 heterocycles. The van der Waals surface area contributed by atoms with Gasteiger partial charge in [-0.3, -0.25) is 4.79 Å². The zero-order valence-corrected chi connectivity index (χ0v) is 15.2. The first-order valence-corrected chi connectivity index (χ1v) is 9.30. The van der Waals surface area contributed by atoms with Gasteiger partial charge in [-0.05, 0) is 43.0 Å². The highest BCUT2D eigenvalue weighted by atomic mass is 19.1. The molecule has 8 nitrogen and oxygen atoms in total. The lowest BCUT2D eigenvalue weighted by molar-refractivity contribution is -0.116. The minimum Gasteiger partial charge on any atom is -0.339 e. The number of nitrogens with zero attached hydrogens (tertiary/aromatic N) is 3. The number of nitrogens with one attached hydrogen (secondary N) is 3. The zero-order chi connectivity index (χ0) is 19.5. The first-order valence-electron chi connectivity index (χ1n) is 9.30. The van der Waals surface area contributed by atoms with Gasteiger partial charge in [-0.25, -0.2) is 19.2 Å². The number of anilines is 3. The highest BCUT2D eigenvalue weighted by molar-refractivity contribution is 6.01. The fourth-order valence-corrected chi connectivity index (χ4v) is 3.63. The number of fused-ring (bicyclic) bond motifs is 1. The summed E-state index contributed by atoms with van der Waals surface area (Å²) in [6, 6.07) is 3.84. The summed E-state index contributed by atoms with van der Waals surface area (Å²) in [5.41, 5.74) is 1.41. The first kappa shape index (κ1) is 18.1. The van der Waals surface area contributed by atoms with Gasteiger partial charge in [0.15, 0.2) is 0 Å². The van der Waals surface area contributed by atoms with Crippen LogP contribution in [-0.4, -0.2) is 41.0 Å². The van der Waals surface area contributed by atoms with Crippen molar-refractivity contribution in [2.24, 2.45) is 0 Å². The first-order chi connectivity index (χ1) is 13.6. The van der Waals surface area contributed by atoms with E-state index in [-0.39, 0.29) is 17.6 Å². The number of halogens is 1. The molecule has 9 heteroatoms. The molecule has 1 atom stereocenters. The van der Waals surface area contributed by atoms with Gasteiger partial charge in [-0.2, -0.15) is 0 Å². The number of amides is 3. The third-order valence-electron chi connectivity index (χ3n) is 4.91. The zero-order valence-electron chi connectivity index (χ0n) is 15.2. The summed E-state index contributed by atoms with van der Waals surface area (Å²) in [5.74, 6) is 0.0416. The summed E-state index contributed by atoms with van der Waals surface area (Å²) in [4.78, 5) is 34.7. The number of carbonyl (C=O) groups excluding carboxylic acids is 2. The van der Waals surface area contributed by atoms with Crippen molar-refractivity contribution in [3.05, 3.63) is 42.0 Å². The predicted octanol–water partition coefficient (Wildman–Crippen LogP) is 2.29. The molecule has 0 unspecified atom stereocenters. The molecule has 146 valence electrons. The molecule has 4 rings (SSSR count). The molecule has 0 radical (unpaired) electrons. The van der Waals surface area contributed by atoms with E-state index in [9.17, 15) is 14.0 Å². The van der Waals surface area contributed by atoms with Gasteiger partial charge in [0.05, 0.1) is 11.4 Å². The predicted molar refractivity (Wildman–Crippen MR) is 103 cm³/mol. The van der Waals surface area contributed by atoms with E-state index in [1.54, 1.807) is 18.5 Å². The fraction of sp³-hybridized carbons (Fsp3) is 0.368. The van der Waals surface area contributed by atoms with Crippen LogP contribution in [0, 0.1) is 5.82 Å². The maximum absolute atomic E-state index is 13.9. The van der Waals surface area contributed by atoms with Crippen molar-refractivity contribution in [3.8, 4) is 0 Å². The number of piperidine rings is 1. The quantitative estimate of drug-likeness (QED) is 0.754. The second-order valence-electron chi connectivity index (χ2n) is 6.97. The number of aryl methyl sites for hydroxylation is 1. The highest BCUT2D eigenvalue weighted by Gasteiger charge is 2.24. The Hall–Kier alpha value is -3.23. The molecule has 0 aliphatic carbocycles. The number of benzene rings is 1. The number of urea groups is 1. The largest absolute Gasteiger partial charge is 0.339 e. The number of carbonyl (C=O) groups is 2. The SMILES string of the molecule is O=C1CCc2cc(F)cc(NC(=O)N[C@H]3CCCN(c4ncccn4)C3)c2N1. The molecule has 0 bridgehead atoms. The van der Waals surface area contributed by atoms with Crippen LogP contribution in [0.15, 0.2) is 30.6 Å². The van der Waals surface area contributed by atoms with Gasteiger partial charge in [0.2, 0.25) is 11.9 Å². The summed E-state index contributed by atoms with van der Waals surface area (Å²) in [5, 5.41) is 8.32. The number of hydrogen-bond donors (Lipinski definition) is 3. The van der Waals surface area contributed by atoms with Crippen LogP contribution in [-0.2, 0) is 11.2 Å². The van der Waals surface area contributed by atoms with Crippen molar-refractivity contribution in [1.29, 1.82) is 0 Å². The number of aromatic nitrogens is 2. The van der Waals surface area contributed by atoms with Gasteiger partial charge in [0, 0.05) is 37.9 Å². The summed E-state index contributed by atoms with van der Waals surface area (Å²) in [6.45, 7) is 1.42. The molecule has 1 saturated heterocycles. The van der Waals surface area contributed by atoms with Gasteiger partial charge in [0.25, 0.3) is 0 Å². The average molecular weight is 384 g/mol. The van der Waals surface area contributed by atoms with Crippen molar-refractivity contribution < 1.29 is 14.0 Å². The molecular weight excluding hydrogens is 363 g/mol. The smallest absolute Gasteiger partial charge is 0.319 e. The second kappa shape index (κ2) is 7.79. The minimum atomic E-state index is -0.449. The number of rotatable bonds is 3. The Kier molecular flexibility index (Phi) is 5.05. The average Bonchev–Trinajstić information content (AvgIpc) is 2.69. The fourth-order valence-electron chi connectivity index (χ4n) is 3.63. The van der Waals surface area contributed by atoms with Crippen LogP contribution < -0.4 is 20.9 Å². The molecule has 28 heavy (non-hydrogen) atoms. The van der Waals surface area contributed by atoms with E-state index in [0.29, 0.717) is 36.6 Å². The molecule has 1 fully saturated rings. The van der Waals surface area contributed by atoms with E-state index in [2.05, 4.69) is 25.9 Å². The van der Waals surface area contributed by atoms with Gasteiger partial charge in [-0.1, -0.05) is 0 Å². The normalized spacial score (nSPS) is 18.8. The summed E-state index contributed by atoms with van der Waals surface area (Å²) in [6.07, 6.45) is 5.86. The maximum atomic E-state index is 13.9. The van der Waals surface area contributed by atoms with Crippen LogP contribution in [0.1, 0.15) is 24.8 Å². The van der Waals surface area contributed by atoms with Gasteiger partial charge in [0.1, 0.15) is 5.82 Å². The van der Waals surface area contributed by atoms with E-state index in [0.717, 1.165) is 19.4 Å². The van der Waals surface area contributed by atoms with Gasteiger partial charge < -0.3 is 20.9 Å². The summed E-state index contributed by atoms with van der Waals surface area (Å²) >= 11 is 0. The Morgan fingerprint density at radius 2 is 2.07 bits per heavy atom. The summed E-state index contributed by atoms with van der Waals surface area (Å²) < 4.78 is 13.9. The van der Waals surface area contributed by atoms with E-state index in [1.165, 1.54) is 12.1 Å². The minimum absolute atomic E-state index is 0.0865. The Labute approximate surface area is 161 Å². The highest BCUT2D eigenvalue weighted by Crippen LogP contribution is 2.32. The van der Waals surface area contributed by atoms with Crippen molar-refractivity contribution in [2.75, 3.05) is 28.6 Å². The molecule has 1 aromatic heterocycles. The van der Waals surface area contributed by atoms with Crippen LogP contribution in [0.25, 0.3) is 0 Å². The van der Waals surface area contributed by atoms with E-state index in [1.807, 2.05) is 4.90 Å². The van der Waals surface area contributed by atoms with Crippen molar-refractivity contribution >= 4 is 29.3 Å². The van der Waals surface area contributed by atoms with E-state index < -0.39 is 11.8 Å². The Morgan fingerprint density at radius 1 is 1.25 bits per heavy atom. The lowest BCUT2D eigenvalue weighted by Crippen LogP contribution is -2.49. The monoisotopic (exact) mass is 384 g/mol. The number of hydrogen-bond acceptors (Lipinski definition) is 5. The molecule has 3 N–H and O–H groups in total. The lowest BCUT2D eigenvalue weighted by atomic mass is 10.0. The molecule has 1 aromatic carbocycles. The third-order valence-corrected chi connectivity index (χ3v) is 4.91. The second-order valence-corrected chi connectivity index (χ2v) is 6.97. The molecule has 2 aliphatic heterocycles. The van der Waals surface area contributed by atoms with Gasteiger partial charge in [-0.15, -0.1) is 0 Å². The van der Waals surface area contributed by atoms with Crippen LogP contribution in [0.2, 0.25) is 0 Å². The molecule has 0 saturated carbocycles. The molecule has 2 aliphatic rings. The topological polar surface area (TPSA) is 99.3 Å². The van der Waals surface area contributed by atoms with E-state index in [4.69, 9.17) is 0 Å². The molecule has 2 aromatic rings.